The molecule has 0 unspecified atom stereocenters. The van der Waals surface area contributed by atoms with Gasteiger partial charge in [-0.2, -0.15) is 8.78 Å². The zero-order valence-corrected chi connectivity index (χ0v) is 19.7. The van der Waals surface area contributed by atoms with E-state index in [2.05, 4.69) is 10.1 Å². The highest BCUT2D eigenvalue weighted by molar-refractivity contribution is 6.30. The van der Waals surface area contributed by atoms with Gasteiger partial charge in [0.15, 0.2) is 17.6 Å². The SMILES string of the molecule is CC(F)(F)c1ccc(-c2cc(C34CC(CC(=O)[C@@H]5C[C@@H](O)c6cc(Cl)ccc6O5)(C3)C4)no2)cn1. The van der Waals surface area contributed by atoms with Gasteiger partial charge in [0, 0.05) is 53.6 Å². The van der Waals surface area contributed by atoms with Crippen molar-refractivity contribution in [3.05, 3.63) is 64.6 Å². The lowest BCUT2D eigenvalue weighted by atomic mass is 9.33. The molecule has 3 heterocycles. The summed E-state index contributed by atoms with van der Waals surface area (Å²) >= 11 is 6.01. The van der Waals surface area contributed by atoms with Crippen LogP contribution in [0.1, 0.15) is 62.1 Å². The van der Waals surface area contributed by atoms with Crippen LogP contribution in [-0.4, -0.2) is 27.1 Å². The van der Waals surface area contributed by atoms with Crippen molar-refractivity contribution in [1.29, 1.82) is 0 Å². The summed E-state index contributed by atoms with van der Waals surface area (Å²) in [5.74, 6) is -2.02. The Morgan fingerprint density at radius 3 is 2.69 bits per heavy atom. The van der Waals surface area contributed by atoms with Crippen LogP contribution in [0, 0.1) is 5.41 Å². The highest BCUT2D eigenvalue weighted by Crippen LogP contribution is 2.75. The van der Waals surface area contributed by atoms with Crippen LogP contribution in [0.3, 0.4) is 0 Å². The minimum atomic E-state index is -3.00. The van der Waals surface area contributed by atoms with Crippen molar-refractivity contribution in [2.75, 3.05) is 0 Å². The van der Waals surface area contributed by atoms with Crippen molar-refractivity contribution in [1.82, 2.24) is 10.1 Å². The Morgan fingerprint density at radius 1 is 1.23 bits per heavy atom. The topological polar surface area (TPSA) is 85.5 Å². The average Bonchev–Trinajstić information content (AvgIpc) is 3.25. The van der Waals surface area contributed by atoms with Crippen LogP contribution in [0.15, 0.2) is 47.1 Å². The van der Waals surface area contributed by atoms with Gasteiger partial charge < -0.3 is 14.4 Å². The summed E-state index contributed by atoms with van der Waals surface area (Å²) in [5, 5.41) is 15.2. The second kappa shape index (κ2) is 7.58. The largest absolute Gasteiger partial charge is 0.482 e. The quantitative estimate of drug-likeness (QED) is 0.462. The van der Waals surface area contributed by atoms with Gasteiger partial charge in [-0.05, 0) is 55.0 Å². The second-order valence-corrected chi connectivity index (χ2v) is 10.8. The molecular weight excluding hydrogens is 478 g/mol. The number of fused-ring (bicyclic) bond motifs is 1. The third-order valence-corrected chi connectivity index (χ3v) is 7.87. The maximum atomic E-state index is 13.4. The number of halogens is 3. The van der Waals surface area contributed by atoms with Crippen LogP contribution in [0.2, 0.25) is 5.02 Å². The molecule has 6 nitrogen and oxygen atoms in total. The Morgan fingerprint density at radius 2 is 2.00 bits per heavy atom. The molecule has 1 N–H and O–H groups in total. The molecule has 3 saturated carbocycles. The van der Waals surface area contributed by atoms with Crippen LogP contribution in [0.4, 0.5) is 8.78 Å². The lowest BCUT2D eigenvalue weighted by molar-refractivity contribution is -0.165. The molecular formula is C26H23ClF2N2O4. The molecule has 0 radical (unpaired) electrons. The van der Waals surface area contributed by atoms with Gasteiger partial charge in [0.2, 0.25) is 0 Å². The van der Waals surface area contributed by atoms with Gasteiger partial charge in [0.25, 0.3) is 5.92 Å². The van der Waals surface area contributed by atoms with Crippen LogP contribution in [0.5, 0.6) is 5.75 Å². The average molecular weight is 501 g/mol. The minimum absolute atomic E-state index is 0.00215. The molecule has 0 amide bonds. The van der Waals surface area contributed by atoms with Crippen LogP contribution >= 0.6 is 11.6 Å². The first kappa shape index (κ1) is 22.6. The molecule has 0 saturated heterocycles. The molecule has 3 aromatic rings. The van der Waals surface area contributed by atoms with Gasteiger partial charge in [-0.25, -0.2) is 0 Å². The van der Waals surface area contributed by atoms with Crippen molar-refractivity contribution in [3.8, 4) is 17.1 Å². The number of rotatable bonds is 6. The number of hydrogen-bond donors (Lipinski definition) is 1. The van der Waals surface area contributed by atoms with Crippen molar-refractivity contribution in [2.45, 2.75) is 62.6 Å². The summed E-state index contributed by atoms with van der Waals surface area (Å²) in [6.07, 6.45) is 3.02. The van der Waals surface area contributed by atoms with Gasteiger partial charge in [-0.1, -0.05) is 16.8 Å². The van der Waals surface area contributed by atoms with Gasteiger partial charge >= 0.3 is 0 Å². The Labute approximate surface area is 205 Å². The number of aliphatic hydroxyl groups is 1. The first-order valence-electron chi connectivity index (χ1n) is 11.5. The number of hydrogen-bond acceptors (Lipinski definition) is 6. The number of pyridine rings is 1. The number of Topliss-reactive ketones (excluding diaryl/α,β-unsaturated/α-hetero) is 1. The predicted octanol–water partition coefficient (Wildman–Crippen LogP) is 5.77. The van der Waals surface area contributed by atoms with E-state index in [1.165, 1.54) is 12.3 Å². The number of carbonyl (C=O) groups is 1. The summed E-state index contributed by atoms with van der Waals surface area (Å²) in [6.45, 7) is 0.808. The molecule has 7 rings (SSSR count). The number of aromatic nitrogens is 2. The van der Waals surface area contributed by atoms with E-state index in [0.29, 0.717) is 34.1 Å². The maximum Gasteiger partial charge on any atom is 0.286 e. The molecule has 1 aromatic carbocycles. The number of benzene rings is 1. The normalized spacial score (nSPS) is 28.9. The fourth-order valence-corrected chi connectivity index (χ4v) is 6.20. The summed E-state index contributed by atoms with van der Waals surface area (Å²) in [5.41, 5.74) is 1.54. The molecule has 0 spiro atoms. The molecule has 35 heavy (non-hydrogen) atoms. The van der Waals surface area contributed by atoms with Gasteiger partial charge in [-0.3, -0.25) is 9.78 Å². The van der Waals surface area contributed by atoms with Crippen LogP contribution in [-0.2, 0) is 16.1 Å². The minimum Gasteiger partial charge on any atom is -0.482 e. The Kier molecular flexibility index (Phi) is 4.90. The monoisotopic (exact) mass is 500 g/mol. The number of ether oxygens (including phenoxy) is 1. The highest BCUT2D eigenvalue weighted by Gasteiger charge is 2.70. The van der Waals surface area contributed by atoms with Crippen molar-refractivity contribution in [3.63, 3.8) is 0 Å². The van der Waals surface area contributed by atoms with Crippen LogP contribution in [0.25, 0.3) is 11.3 Å². The molecule has 182 valence electrons. The number of ketones is 1. The van der Waals surface area contributed by atoms with Gasteiger partial charge in [0.1, 0.15) is 11.4 Å². The predicted molar refractivity (Wildman–Crippen MR) is 122 cm³/mol. The molecule has 2 bridgehead atoms. The summed E-state index contributed by atoms with van der Waals surface area (Å²) < 4.78 is 38.2. The second-order valence-electron chi connectivity index (χ2n) is 10.4. The lowest BCUT2D eigenvalue weighted by Gasteiger charge is -2.70. The number of alkyl halides is 2. The van der Waals surface area contributed by atoms with Crippen molar-refractivity contribution >= 4 is 17.4 Å². The Hall–Kier alpha value is -2.84. The zero-order chi connectivity index (χ0) is 24.6. The number of aliphatic hydroxyl groups excluding tert-OH is 1. The molecule has 2 aromatic heterocycles. The fraction of sp³-hybridized carbons (Fsp3) is 0.423. The number of nitrogens with zero attached hydrogens (tertiary/aromatic N) is 2. The summed E-state index contributed by atoms with van der Waals surface area (Å²) in [4.78, 5) is 16.9. The Balaban J connectivity index is 1.09. The highest BCUT2D eigenvalue weighted by atomic mass is 35.5. The summed E-state index contributed by atoms with van der Waals surface area (Å²) in [6, 6.07) is 9.72. The van der Waals surface area contributed by atoms with E-state index in [1.807, 2.05) is 6.07 Å². The Bertz CT molecular complexity index is 1300. The van der Waals surface area contributed by atoms with Crippen molar-refractivity contribution < 1.29 is 27.9 Å². The summed E-state index contributed by atoms with van der Waals surface area (Å²) in [7, 11) is 0. The van der Waals surface area contributed by atoms with E-state index >= 15 is 0 Å². The molecule has 9 heteroatoms. The molecule has 2 atom stereocenters. The molecule has 4 aliphatic rings. The fourth-order valence-electron chi connectivity index (χ4n) is 6.02. The van der Waals surface area contributed by atoms with E-state index in [1.54, 1.807) is 24.3 Å². The van der Waals surface area contributed by atoms with E-state index in [9.17, 15) is 18.7 Å². The van der Waals surface area contributed by atoms with E-state index in [-0.39, 0.29) is 28.7 Å². The van der Waals surface area contributed by atoms with E-state index in [0.717, 1.165) is 31.9 Å². The maximum absolute atomic E-state index is 13.4. The van der Waals surface area contributed by atoms with Gasteiger partial charge in [0.05, 0.1) is 11.8 Å². The van der Waals surface area contributed by atoms with E-state index < -0.39 is 18.1 Å². The third kappa shape index (κ3) is 3.74. The van der Waals surface area contributed by atoms with Crippen LogP contribution < -0.4 is 4.74 Å². The smallest absolute Gasteiger partial charge is 0.286 e. The first-order chi connectivity index (χ1) is 16.6. The molecule has 3 aliphatic carbocycles. The molecule has 1 aliphatic heterocycles. The number of carbonyl (C=O) groups excluding carboxylic acids is 1. The lowest BCUT2D eigenvalue weighted by Crippen LogP contribution is -2.65. The standard InChI is InChI=1S/C26H23ClF2N2O4/c1-24(28,29)22-5-2-14(10-30-22)20-8-23(31-35-20)26-11-25(12-26,13-26)9-18(33)21-7-17(32)16-6-15(27)3-4-19(16)34-21/h2-6,8,10,17,21,32H,7,9,11-13H2,1H3/t17-,21+,25?,26?/m1/s1. The zero-order valence-electron chi connectivity index (χ0n) is 18.9. The van der Waals surface area contributed by atoms with E-state index in [4.69, 9.17) is 20.9 Å². The first-order valence-corrected chi connectivity index (χ1v) is 11.9. The molecule has 3 fully saturated rings. The third-order valence-electron chi connectivity index (χ3n) is 7.64. The van der Waals surface area contributed by atoms with Crippen molar-refractivity contribution in [2.24, 2.45) is 5.41 Å². The van der Waals surface area contributed by atoms with Gasteiger partial charge in [-0.15, -0.1) is 0 Å².